The van der Waals surface area contributed by atoms with Gasteiger partial charge in [0.05, 0.1) is 6.54 Å². The van der Waals surface area contributed by atoms with Crippen molar-refractivity contribution in [1.82, 2.24) is 15.1 Å². The molecule has 1 fully saturated rings. The fourth-order valence-electron chi connectivity index (χ4n) is 2.03. The van der Waals surface area contributed by atoms with Crippen LogP contribution in [0.15, 0.2) is 0 Å². The van der Waals surface area contributed by atoms with Gasteiger partial charge in [-0.15, -0.1) is 10.2 Å². The van der Waals surface area contributed by atoms with Crippen LogP contribution in [0.5, 0.6) is 0 Å². The summed E-state index contributed by atoms with van der Waals surface area (Å²) in [4.78, 5) is 2.50. The van der Waals surface area contributed by atoms with Gasteiger partial charge in [0.25, 0.3) is 0 Å². The molecule has 1 N–H and O–H groups in total. The van der Waals surface area contributed by atoms with Gasteiger partial charge in [-0.1, -0.05) is 24.2 Å². The van der Waals surface area contributed by atoms with E-state index in [-0.39, 0.29) is 0 Å². The molecule has 1 aromatic rings. The molecule has 90 valence electrons. The molecule has 1 saturated heterocycles. The average Bonchev–Trinajstić information content (AvgIpc) is 2.56. The molecular formula is C11H20N4S. The average molecular weight is 240 g/mol. The van der Waals surface area contributed by atoms with Gasteiger partial charge in [-0.2, -0.15) is 0 Å². The maximum Gasteiger partial charge on any atom is 0.205 e. The second-order valence-corrected chi connectivity index (χ2v) is 5.28. The van der Waals surface area contributed by atoms with E-state index in [1.54, 1.807) is 11.3 Å². The van der Waals surface area contributed by atoms with Crippen molar-refractivity contribution in [1.29, 1.82) is 0 Å². The molecule has 0 atom stereocenters. The van der Waals surface area contributed by atoms with Crippen LogP contribution < -0.4 is 5.32 Å². The maximum absolute atomic E-state index is 4.22. The van der Waals surface area contributed by atoms with E-state index in [2.05, 4.69) is 27.3 Å². The molecule has 2 rings (SSSR count). The zero-order valence-electron chi connectivity index (χ0n) is 9.91. The highest BCUT2D eigenvalue weighted by Crippen LogP contribution is 2.18. The van der Waals surface area contributed by atoms with Crippen LogP contribution in [0.25, 0.3) is 0 Å². The number of hydrogen-bond donors (Lipinski definition) is 1. The Hall–Kier alpha value is -0.680. The Morgan fingerprint density at radius 3 is 2.62 bits per heavy atom. The molecule has 0 aromatic carbocycles. The van der Waals surface area contributed by atoms with Crippen LogP contribution in [0.2, 0.25) is 0 Å². The van der Waals surface area contributed by atoms with E-state index in [1.807, 2.05) is 0 Å². The first kappa shape index (κ1) is 11.8. The summed E-state index contributed by atoms with van der Waals surface area (Å²) >= 11 is 1.68. The second-order valence-electron chi connectivity index (χ2n) is 4.22. The first-order valence-corrected chi connectivity index (χ1v) is 6.98. The van der Waals surface area contributed by atoms with E-state index in [0.29, 0.717) is 0 Å². The number of rotatable bonds is 4. The Bertz CT molecular complexity index is 305. The van der Waals surface area contributed by atoms with Crippen molar-refractivity contribution in [3.05, 3.63) is 5.01 Å². The van der Waals surface area contributed by atoms with Crippen molar-refractivity contribution in [3.8, 4) is 0 Å². The van der Waals surface area contributed by atoms with Gasteiger partial charge in [0, 0.05) is 6.54 Å². The monoisotopic (exact) mass is 240 g/mol. The van der Waals surface area contributed by atoms with Crippen molar-refractivity contribution in [2.45, 2.75) is 39.2 Å². The third kappa shape index (κ3) is 3.42. The third-order valence-corrected chi connectivity index (χ3v) is 3.72. The van der Waals surface area contributed by atoms with Gasteiger partial charge in [-0.05, 0) is 32.9 Å². The second kappa shape index (κ2) is 6.15. The lowest BCUT2D eigenvalue weighted by molar-refractivity contribution is 0.276. The number of anilines is 1. The predicted octanol–water partition coefficient (Wildman–Crippen LogP) is 2.35. The first-order valence-electron chi connectivity index (χ1n) is 6.17. The molecule has 0 aliphatic carbocycles. The summed E-state index contributed by atoms with van der Waals surface area (Å²) in [6, 6.07) is 0. The van der Waals surface area contributed by atoms with Gasteiger partial charge in [0.2, 0.25) is 5.13 Å². The minimum absolute atomic E-state index is 0.915. The Morgan fingerprint density at radius 1 is 1.19 bits per heavy atom. The fraction of sp³-hybridized carbons (Fsp3) is 0.818. The molecule has 0 amide bonds. The highest BCUT2D eigenvalue weighted by molar-refractivity contribution is 7.15. The van der Waals surface area contributed by atoms with Gasteiger partial charge >= 0.3 is 0 Å². The van der Waals surface area contributed by atoms with Gasteiger partial charge in [-0.25, -0.2) is 0 Å². The zero-order valence-corrected chi connectivity index (χ0v) is 10.7. The fourth-order valence-corrected chi connectivity index (χ4v) is 2.88. The van der Waals surface area contributed by atoms with Crippen LogP contribution in [0, 0.1) is 0 Å². The van der Waals surface area contributed by atoms with E-state index < -0.39 is 0 Å². The number of nitrogens with one attached hydrogen (secondary N) is 1. The van der Waals surface area contributed by atoms with Crippen LogP contribution in [0.3, 0.4) is 0 Å². The maximum atomic E-state index is 4.22. The summed E-state index contributed by atoms with van der Waals surface area (Å²) in [6.45, 7) is 6.41. The molecule has 1 aliphatic rings. The number of aromatic nitrogens is 2. The number of hydrogen-bond acceptors (Lipinski definition) is 5. The molecule has 16 heavy (non-hydrogen) atoms. The van der Waals surface area contributed by atoms with E-state index in [1.165, 1.54) is 38.8 Å². The van der Waals surface area contributed by atoms with Gasteiger partial charge in [0.1, 0.15) is 5.01 Å². The van der Waals surface area contributed by atoms with E-state index in [4.69, 9.17) is 0 Å². The molecule has 0 radical (unpaired) electrons. The Morgan fingerprint density at radius 2 is 1.94 bits per heavy atom. The molecule has 2 heterocycles. The molecular weight excluding hydrogens is 220 g/mol. The van der Waals surface area contributed by atoms with Gasteiger partial charge in [0.15, 0.2) is 0 Å². The number of likely N-dealkylation sites (tertiary alicyclic amines) is 1. The van der Waals surface area contributed by atoms with Crippen molar-refractivity contribution in [3.63, 3.8) is 0 Å². The highest BCUT2D eigenvalue weighted by atomic mass is 32.1. The normalized spacial score (nSPS) is 18.3. The standard InChI is InChI=1S/C11H20N4S/c1-2-12-11-14-13-10(16-11)9-15-7-5-3-4-6-8-15/h2-9H2,1H3,(H,12,14). The largest absolute Gasteiger partial charge is 0.360 e. The minimum atomic E-state index is 0.915. The molecule has 5 heteroatoms. The summed E-state index contributed by atoms with van der Waals surface area (Å²) in [5.41, 5.74) is 0. The summed E-state index contributed by atoms with van der Waals surface area (Å²) in [6.07, 6.45) is 5.43. The topological polar surface area (TPSA) is 41.1 Å². The highest BCUT2D eigenvalue weighted by Gasteiger charge is 2.12. The lowest BCUT2D eigenvalue weighted by atomic mass is 10.2. The van der Waals surface area contributed by atoms with Crippen LogP contribution in [-0.4, -0.2) is 34.7 Å². The van der Waals surface area contributed by atoms with Crippen molar-refractivity contribution in [2.75, 3.05) is 25.0 Å². The first-order chi connectivity index (χ1) is 7.88. The summed E-state index contributed by atoms with van der Waals surface area (Å²) in [5.74, 6) is 0. The van der Waals surface area contributed by atoms with Gasteiger partial charge in [-0.3, -0.25) is 4.90 Å². The van der Waals surface area contributed by atoms with Crippen LogP contribution in [0.1, 0.15) is 37.6 Å². The lowest BCUT2D eigenvalue weighted by Gasteiger charge is -2.17. The quantitative estimate of drug-likeness (QED) is 0.877. The van der Waals surface area contributed by atoms with Crippen molar-refractivity contribution < 1.29 is 0 Å². The third-order valence-electron chi connectivity index (χ3n) is 2.85. The van der Waals surface area contributed by atoms with E-state index >= 15 is 0 Å². The van der Waals surface area contributed by atoms with E-state index in [0.717, 1.165) is 23.2 Å². The molecule has 0 saturated carbocycles. The van der Waals surface area contributed by atoms with Crippen molar-refractivity contribution >= 4 is 16.5 Å². The number of nitrogens with zero attached hydrogens (tertiary/aromatic N) is 3. The van der Waals surface area contributed by atoms with Gasteiger partial charge < -0.3 is 5.32 Å². The Kier molecular flexibility index (Phi) is 4.54. The van der Waals surface area contributed by atoms with Crippen LogP contribution in [0.4, 0.5) is 5.13 Å². The zero-order chi connectivity index (χ0) is 11.2. The molecule has 1 aliphatic heterocycles. The van der Waals surface area contributed by atoms with Crippen LogP contribution in [-0.2, 0) is 6.54 Å². The molecule has 0 spiro atoms. The molecule has 0 bridgehead atoms. The molecule has 0 unspecified atom stereocenters. The van der Waals surface area contributed by atoms with Crippen LogP contribution >= 0.6 is 11.3 Å². The summed E-state index contributed by atoms with van der Waals surface area (Å²) in [5, 5.41) is 13.6. The van der Waals surface area contributed by atoms with Crippen molar-refractivity contribution in [2.24, 2.45) is 0 Å². The minimum Gasteiger partial charge on any atom is -0.360 e. The summed E-state index contributed by atoms with van der Waals surface area (Å²) in [7, 11) is 0. The summed E-state index contributed by atoms with van der Waals surface area (Å²) < 4.78 is 0. The molecule has 4 nitrogen and oxygen atoms in total. The lowest BCUT2D eigenvalue weighted by Crippen LogP contribution is -2.23. The van der Waals surface area contributed by atoms with E-state index in [9.17, 15) is 0 Å². The SMILES string of the molecule is CCNc1nnc(CN2CCCCCC2)s1. The molecule has 1 aromatic heterocycles. The smallest absolute Gasteiger partial charge is 0.205 e. The Labute approximate surface area is 101 Å². The predicted molar refractivity (Wildman–Crippen MR) is 67.8 cm³/mol. The Balaban J connectivity index is 1.86.